The molecule has 0 atom stereocenters. The van der Waals surface area contributed by atoms with Crippen LogP contribution in [0, 0.1) is 13.8 Å². The van der Waals surface area contributed by atoms with E-state index in [1.165, 1.54) is 11.3 Å². The van der Waals surface area contributed by atoms with Crippen molar-refractivity contribution in [2.75, 3.05) is 5.73 Å². The van der Waals surface area contributed by atoms with E-state index in [0.29, 0.717) is 11.5 Å². The summed E-state index contributed by atoms with van der Waals surface area (Å²) in [6.45, 7) is 8.18. The van der Waals surface area contributed by atoms with Crippen molar-refractivity contribution in [3.63, 3.8) is 0 Å². The van der Waals surface area contributed by atoms with Gasteiger partial charge in [0.2, 0.25) is 0 Å². The summed E-state index contributed by atoms with van der Waals surface area (Å²) in [5, 5.41) is 2.79. The van der Waals surface area contributed by atoms with Gasteiger partial charge in [-0.1, -0.05) is 0 Å². The lowest BCUT2D eigenvalue weighted by atomic mass is 10.0. The predicted molar refractivity (Wildman–Crippen MR) is 98.2 cm³/mol. The average molecular weight is 340 g/mol. The van der Waals surface area contributed by atoms with Gasteiger partial charge in [0.15, 0.2) is 5.82 Å². The van der Waals surface area contributed by atoms with E-state index in [-0.39, 0.29) is 6.10 Å². The maximum absolute atomic E-state index is 5.90. The fourth-order valence-electron chi connectivity index (χ4n) is 2.55. The molecule has 0 saturated heterocycles. The molecule has 2 aromatic heterocycles. The Bertz CT molecular complexity index is 850. The van der Waals surface area contributed by atoms with Crippen LogP contribution >= 0.6 is 11.3 Å². The molecule has 0 saturated carbocycles. The Morgan fingerprint density at radius 1 is 1.08 bits per heavy atom. The molecule has 0 aliphatic carbocycles. The van der Waals surface area contributed by atoms with Gasteiger partial charge in [0.25, 0.3) is 0 Å². The minimum atomic E-state index is 0.152. The van der Waals surface area contributed by atoms with E-state index in [1.54, 1.807) is 12.4 Å². The second-order valence-electron chi connectivity index (χ2n) is 5.93. The third-order valence-electron chi connectivity index (χ3n) is 3.54. The molecule has 0 fully saturated rings. The second-order valence-corrected chi connectivity index (χ2v) is 6.79. The molecular formula is C18H20N4OS. The summed E-state index contributed by atoms with van der Waals surface area (Å²) in [4.78, 5) is 13.0. The first kappa shape index (κ1) is 16.4. The molecule has 3 rings (SSSR count). The van der Waals surface area contributed by atoms with Gasteiger partial charge in [-0.3, -0.25) is 0 Å². The molecule has 2 heterocycles. The normalized spacial score (nSPS) is 11.0. The predicted octanol–water partition coefficient (Wildman–Crippen LogP) is 4.25. The quantitative estimate of drug-likeness (QED) is 0.768. The van der Waals surface area contributed by atoms with Crippen molar-refractivity contribution in [1.82, 2.24) is 15.0 Å². The number of aromatic nitrogens is 3. The van der Waals surface area contributed by atoms with Gasteiger partial charge in [0.1, 0.15) is 16.5 Å². The first-order valence-electron chi connectivity index (χ1n) is 7.76. The molecule has 0 aliphatic heterocycles. The number of thiazole rings is 1. The summed E-state index contributed by atoms with van der Waals surface area (Å²) in [6, 6.07) is 4.20. The Morgan fingerprint density at radius 2 is 1.75 bits per heavy atom. The summed E-state index contributed by atoms with van der Waals surface area (Å²) >= 11 is 1.51. The van der Waals surface area contributed by atoms with E-state index < -0.39 is 0 Å². The summed E-state index contributed by atoms with van der Waals surface area (Å²) in [6.07, 6.45) is 3.35. The van der Waals surface area contributed by atoms with E-state index in [2.05, 4.69) is 40.9 Å². The molecule has 0 unspecified atom stereocenters. The van der Waals surface area contributed by atoms with E-state index in [4.69, 9.17) is 10.5 Å². The SMILES string of the molecule is Cc1cc(-c2csc(-c3nccnc3N)n2)cc(C)c1OC(C)C. The Balaban J connectivity index is 1.98. The zero-order valence-corrected chi connectivity index (χ0v) is 15.0. The van der Waals surface area contributed by atoms with Gasteiger partial charge in [0.05, 0.1) is 11.8 Å². The number of nitrogens with zero attached hydrogens (tertiary/aromatic N) is 3. The molecule has 0 amide bonds. The minimum absolute atomic E-state index is 0.152. The lowest BCUT2D eigenvalue weighted by Crippen LogP contribution is -2.08. The summed E-state index contributed by atoms with van der Waals surface area (Å²) in [7, 11) is 0. The smallest absolute Gasteiger partial charge is 0.152 e. The fourth-order valence-corrected chi connectivity index (χ4v) is 3.38. The van der Waals surface area contributed by atoms with Gasteiger partial charge < -0.3 is 10.5 Å². The van der Waals surface area contributed by atoms with Crippen molar-refractivity contribution >= 4 is 17.2 Å². The van der Waals surface area contributed by atoms with Gasteiger partial charge in [-0.2, -0.15) is 0 Å². The third-order valence-corrected chi connectivity index (χ3v) is 4.39. The minimum Gasteiger partial charge on any atom is -0.490 e. The number of nitrogen functional groups attached to an aromatic ring is 1. The maximum Gasteiger partial charge on any atom is 0.152 e. The Hall–Kier alpha value is -2.47. The number of rotatable bonds is 4. The molecule has 24 heavy (non-hydrogen) atoms. The lowest BCUT2D eigenvalue weighted by molar-refractivity contribution is 0.239. The average Bonchev–Trinajstić information content (AvgIpc) is 3.00. The monoisotopic (exact) mass is 340 g/mol. The van der Waals surface area contributed by atoms with Crippen LogP contribution in [-0.4, -0.2) is 21.1 Å². The van der Waals surface area contributed by atoms with Gasteiger partial charge in [-0.15, -0.1) is 11.3 Å². The van der Waals surface area contributed by atoms with Crippen molar-refractivity contribution in [2.24, 2.45) is 0 Å². The van der Waals surface area contributed by atoms with Crippen LogP contribution in [0.5, 0.6) is 5.75 Å². The molecule has 3 aromatic rings. The summed E-state index contributed by atoms with van der Waals surface area (Å²) < 4.78 is 5.90. The Labute approximate surface area is 145 Å². The van der Waals surface area contributed by atoms with Crippen molar-refractivity contribution < 1.29 is 4.74 Å². The number of ether oxygens (including phenoxy) is 1. The van der Waals surface area contributed by atoms with Crippen LogP contribution in [0.3, 0.4) is 0 Å². The van der Waals surface area contributed by atoms with Crippen molar-refractivity contribution in [1.29, 1.82) is 0 Å². The van der Waals surface area contributed by atoms with Crippen molar-refractivity contribution in [3.8, 4) is 27.7 Å². The maximum atomic E-state index is 5.90. The number of hydrogen-bond donors (Lipinski definition) is 1. The third kappa shape index (κ3) is 3.23. The standard InChI is InChI=1S/C18H20N4OS/c1-10(2)23-16-11(3)7-13(8-12(16)4)14-9-24-18(22-14)15-17(19)21-6-5-20-15/h5-10H,1-4H3,(H2,19,21). The van der Waals surface area contributed by atoms with Crippen molar-refractivity contribution in [3.05, 3.63) is 41.0 Å². The zero-order valence-electron chi connectivity index (χ0n) is 14.2. The van der Waals surface area contributed by atoms with Crippen LogP contribution in [0.4, 0.5) is 5.82 Å². The van der Waals surface area contributed by atoms with Crippen molar-refractivity contribution in [2.45, 2.75) is 33.8 Å². The van der Waals surface area contributed by atoms with Crippen LogP contribution in [0.15, 0.2) is 29.9 Å². The Kier molecular flexibility index (Phi) is 4.49. The fraction of sp³-hybridized carbons (Fsp3) is 0.278. The number of benzene rings is 1. The van der Waals surface area contributed by atoms with E-state index in [0.717, 1.165) is 33.1 Å². The van der Waals surface area contributed by atoms with Crippen LogP contribution in [-0.2, 0) is 0 Å². The number of nitrogens with two attached hydrogens (primary N) is 1. The van der Waals surface area contributed by atoms with Crippen LogP contribution < -0.4 is 10.5 Å². The molecule has 0 aliphatic rings. The van der Waals surface area contributed by atoms with Crippen LogP contribution in [0.2, 0.25) is 0 Å². The Morgan fingerprint density at radius 3 is 2.38 bits per heavy atom. The first-order valence-corrected chi connectivity index (χ1v) is 8.64. The molecule has 124 valence electrons. The lowest BCUT2D eigenvalue weighted by Gasteiger charge is -2.16. The molecule has 5 nitrogen and oxygen atoms in total. The van der Waals surface area contributed by atoms with Crippen LogP contribution in [0.25, 0.3) is 22.0 Å². The topological polar surface area (TPSA) is 73.9 Å². The summed E-state index contributed by atoms with van der Waals surface area (Å²) in [5.41, 5.74) is 10.7. The highest BCUT2D eigenvalue weighted by molar-refractivity contribution is 7.13. The largest absolute Gasteiger partial charge is 0.490 e. The number of anilines is 1. The molecule has 0 bridgehead atoms. The zero-order chi connectivity index (χ0) is 17.3. The number of hydrogen-bond acceptors (Lipinski definition) is 6. The van der Waals surface area contributed by atoms with Gasteiger partial charge >= 0.3 is 0 Å². The highest BCUT2D eigenvalue weighted by atomic mass is 32.1. The van der Waals surface area contributed by atoms with E-state index in [9.17, 15) is 0 Å². The molecule has 1 aromatic carbocycles. The van der Waals surface area contributed by atoms with Gasteiger partial charge in [-0.05, 0) is 51.0 Å². The molecular weight excluding hydrogens is 320 g/mol. The number of aryl methyl sites for hydroxylation is 2. The highest BCUT2D eigenvalue weighted by Crippen LogP contribution is 2.34. The molecule has 2 N–H and O–H groups in total. The van der Waals surface area contributed by atoms with Gasteiger partial charge in [0, 0.05) is 23.3 Å². The molecule has 0 spiro atoms. The summed E-state index contributed by atoms with van der Waals surface area (Å²) in [5.74, 6) is 1.34. The van der Waals surface area contributed by atoms with Gasteiger partial charge in [-0.25, -0.2) is 15.0 Å². The first-order chi connectivity index (χ1) is 11.5. The highest BCUT2D eigenvalue weighted by Gasteiger charge is 2.14. The van der Waals surface area contributed by atoms with Crippen LogP contribution in [0.1, 0.15) is 25.0 Å². The van der Waals surface area contributed by atoms with E-state index in [1.807, 2.05) is 19.2 Å². The second kappa shape index (κ2) is 6.57. The molecule has 0 radical (unpaired) electrons. The molecule has 6 heteroatoms. The van der Waals surface area contributed by atoms with E-state index >= 15 is 0 Å².